The standard InChI is InChI=1S/C20H23N7O/c1-13(28)26-7-6-17(22-2)16(11-26)20(21)27-12-23-18-5-4-14(8-19(18)27)15-9-24-25(3)10-15/h4-5,8-10,12H,6-7,11,21H2,1-3H3. The van der Waals surface area contributed by atoms with Gasteiger partial charge in [-0.3, -0.25) is 19.0 Å². The van der Waals surface area contributed by atoms with E-state index in [0.29, 0.717) is 25.3 Å². The minimum atomic E-state index is 0.0369. The lowest BCUT2D eigenvalue weighted by Gasteiger charge is -2.30. The fraction of sp³-hybridized carbons (Fsp3) is 0.300. The quantitative estimate of drug-likeness (QED) is 0.738. The van der Waals surface area contributed by atoms with E-state index in [2.05, 4.69) is 21.1 Å². The Kier molecular flexibility index (Phi) is 4.46. The molecule has 1 aromatic carbocycles. The van der Waals surface area contributed by atoms with Gasteiger partial charge in [0.1, 0.15) is 12.1 Å². The molecule has 4 rings (SSSR count). The summed E-state index contributed by atoms with van der Waals surface area (Å²) >= 11 is 0. The van der Waals surface area contributed by atoms with Crippen LogP contribution in [0.2, 0.25) is 0 Å². The van der Waals surface area contributed by atoms with Gasteiger partial charge in [0.15, 0.2) is 0 Å². The van der Waals surface area contributed by atoms with Crippen molar-refractivity contribution in [1.82, 2.24) is 24.2 Å². The number of likely N-dealkylation sites (tertiary alicyclic amines) is 1. The Morgan fingerprint density at radius 3 is 2.79 bits per heavy atom. The maximum Gasteiger partial charge on any atom is 0.219 e. The molecule has 0 bridgehead atoms. The zero-order chi connectivity index (χ0) is 19.8. The van der Waals surface area contributed by atoms with E-state index >= 15 is 0 Å². The van der Waals surface area contributed by atoms with E-state index < -0.39 is 0 Å². The summed E-state index contributed by atoms with van der Waals surface area (Å²) in [5.41, 5.74) is 12.2. The minimum absolute atomic E-state index is 0.0369. The van der Waals surface area contributed by atoms with Gasteiger partial charge in [0.25, 0.3) is 0 Å². The molecule has 8 nitrogen and oxygen atoms in total. The van der Waals surface area contributed by atoms with Gasteiger partial charge in [0.2, 0.25) is 5.91 Å². The van der Waals surface area contributed by atoms with Crippen LogP contribution in [0, 0.1) is 0 Å². The summed E-state index contributed by atoms with van der Waals surface area (Å²) in [6.45, 7) is 2.69. The van der Waals surface area contributed by atoms with Gasteiger partial charge in [-0.05, 0) is 17.7 Å². The van der Waals surface area contributed by atoms with E-state index in [1.165, 1.54) is 0 Å². The van der Waals surface area contributed by atoms with Gasteiger partial charge in [0.05, 0.1) is 23.8 Å². The van der Waals surface area contributed by atoms with Crippen molar-refractivity contribution in [2.45, 2.75) is 13.3 Å². The number of benzene rings is 1. The van der Waals surface area contributed by atoms with E-state index in [9.17, 15) is 4.79 Å². The Morgan fingerprint density at radius 2 is 2.11 bits per heavy atom. The molecule has 0 atom stereocenters. The molecular formula is C20H23N7O. The van der Waals surface area contributed by atoms with Crippen LogP contribution in [-0.4, -0.2) is 56.0 Å². The van der Waals surface area contributed by atoms with Crippen LogP contribution >= 0.6 is 0 Å². The Balaban J connectivity index is 1.82. The normalized spacial score (nSPS) is 18.1. The number of hydrogen-bond acceptors (Lipinski definition) is 5. The lowest BCUT2D eigenvalue weighted by molar-refractivity contribution is -0.128. The predicted molar refractivity (Wildman–Crippen MR) is 110 cm³/mol. The van der Waals surface area contributed by atoms with Crippen molar-refractivity contribution in [3.05, 3.63) is 42.5 Å². The lowest BCUT2D eigenvalue weighted by atomic mass is 10.0. The highest BCUT2D eigenvalue weighted by atomic mass is 16.2. The van der Waals surface area contributed by atoms with Crippen molar-refractivity contribution < 1.29 is 4.79 Å². The van der Waals surface area contributed by atoms with Gasteiger partial charge < -0.3 is 10.6 Å². The van der Waals surface area contributed by atoms with Crippen LogP contribution in [0.3, 0.4) is 0 Å². The Morgan fingerprint density at radius 1 is 1.29 bits per heavy atom. The summed E-state index contributed by atoms with van der Waals surface area (Å²) in [5, 5.41) is 4.24. The average molecular weight is 377 g/mol. The molecule has 0 radical (unpaired) electrons. The van der Waals surface area contributed by atoms with E-state index in [4.69, 9.17) is 5.73 Å². The van der Waals surface area contributed by atoms with Crippen molar-refractivity contribution in [2.24, 2.45) is 17.8 Å². The highest BCUT2D eigenvalue weighted by Crippen LogP contribution is 2.26. The SMILES string of the molecule is CN=C1CCN(C(C)=O)CC1=C(N)n1cnc2ccc(-c3cnn(C)c3)cc21. The molecule has 1 aliphatic heterocycles. The second-order valence-corrected chi connectivity index (χ2v) is 6.95. The maximum atomic E-state index is 11.9. The molecule has 144 valence electrons. The summed E-state index contributed by atoms with van der Waals surface area (Å²) in [7, 11) is 3.66. The van der Waals surface area contributed by atoms with Crippen molar-refractivity contribution in [3.8, 4) is 11.1 Å². The summed E-state index contributed by atoms with van der Waals surface area (Å²) in [6.07, 6.45) is 6.22. The topological polar surface area (TPSA) is 94.3 Å². The molecule has 8 heteroatoms. The Bertz CT molecular complexity index is 1120. The summed E-state index contributed by atoms with van der Waals surface area (Å²) in [6, 6.07) is 6.06. The highest BCUT2D eigenvalue weighted by molar-refractivity contribution is 6.06. The van der Waals surface area contributed by atoms with Crippen LogP contribution in [0.4, 0.5) is 0 Å². The van der Waals surface area contributed by atoms with Crippen LogP contribution in [-0.2, 0) is 11.8 Å². The number of fused-ring (bicyclic) bond motifs is 1. The van der Waals surface area contributed by atoms with Crippen molar-refractivity contribution in [1.29, 1.82) is 0 Å². The number of carbonyl (C=O) groups is 1. The van der Waals surface area contributed by atoms with Gasteiger partial charge in [-0.2, -0.15) is 5.10 Å². The first-order valence-corrected chi connectivity index (χ1v) is 9.14. The molecule has 0 aliphatic carbocycles. The number of imidazole rings is 1. The third-order valence-corrected chi connectivity index (χ3v) is 5.19. The van der Waals surface area contributed by atoms with Crippen LogP contribution in [0.15, 0.2) is 47.5 Å². The van der Waals surface area contributed by atoms with Gasteiger partial charge in [-0.15, -0.1) is 0 Å². The zero-order valence-corrected chi connectivity index (χ0v) is 16.3. The Labute approximate surface area is 163 Å². The number of aliphatic imine (C=N–C) groups is 1. The van der Waals surface area contributed by atoms with E-state index in [1.807, 2.05) is 36.1 Å². The number of aryl methyl sites for hydroxylation is 1. The predicted octanol–water partition coefficient (Wildman–Crippen LogP) is 1.89. The first-order valence-electron chi connectivity index (χ1n) is 9.14. The van der Waals surface area contributed by atoms with E-state index in [1.54, 1.807) is 29.9 Å². The van der Waals surface area contributed by atoms with E-state index in [-0.39, 0.29) is 5.91 Å². The molecule has 1 fully saturated rings. The fourth-order valence-electron chi connectivity index (χ4n) is 3.59. The van der Waals surface area contributed by atoms with Crippen molar-refractivity contribution in [2.75, 3.05) is 20.1 Å². The molecule has 3 heterocycles. The number of carbonyl (C=O) groups excluding carboxylic acids is 1. The van der Waals surface area contributed by atoms with Gasteiger partial charge in [-0.1, -0.05) is 6.07 Å². The second-order valence-electron chi connectivity index (χ2n) is 6.95. The second kappa shape index (κ2) is 6.95. The molecule has 1 aliphatic rings. The monoisotopic (exact) mass is 377 g/mol. The molecule has 28 heavy (non-hydrogen) atoms. The van der Waals surface area contributed by atoms with Crippen LogP contribution in [0.1, 0.15) is 13.3 Å². The smallest absolute Gasteiger partial charge is 0.219 e. The van der Waals surface area contributed by atoms with Gasteiger partial charge in [-0.25, -0.2) is 4.98 Å². The third-order valence-electron chi connectivity index (χ3n) is 5.19. The number of amides is 1. The third kappa shape index (κ3) is 3.06. The molecule has 0 unspecified atom stereocenters. The Hall–Kier alpha value is -3.42. The fourth-order valence-corrected chi connectivity index (χ4v) is 3.59. The van der Waals surface area contributed by atoms with Crippen molar-refractivity contribution in [3.63, 3.8) is 0 Å². The molecular weight excluding hydrogens is 354 g/mol. The molecule has 2 aromatic heterocycles. The number of rotatable bonds is 2. The number of nitrogens with two attached hydrogens (primary N) is 1. The first kappa shape index (κ1) is 18.0. The van der Waals surface area contributed by atoms with Crippen LogP contribution in [0.25, 0.3) is 28.0 Å². The van der Waals surface area contributed by atoms with Crippen LogP contribution < -0.4 is 5.73 Å². The molecule has 1 amide bonds. The average Bonchev–Trinajstić information content (AvgIpc) is 3.32. The summed E-state index contributed by atoms with van der Waals surface area (Å²) in [5.74, 6) is 0.590. The largest absolute Gasteiger partial charge is 0.384 e. The number of aromatic nitrogens is 4. The summed E-state index contributed by atoms with van der Waals surface area (Å²) < 4.78 is 3.65. The first-order chi connectivity index (χ1) is 13.5. The number of nitrogens with zero attached hydrogens (tertiary/aromatic N) is 6. The van der Waals surface area contributed by atoms with Gasteiger partial charge in [0, 0.05) is 57.0 Å². The van der Waals surface area contributed by atoms with Crippen LogP contribution in [0.5, 0.6) is 0 Å². The molecule has 0 spiro atoms. The zero-order valence-electron chi connectivity index (χ0n) is 16.3. The summed E-state index contributed by atoms with van der Waals surface area (Å²) in [4.78, 5) is 22.5. The molecule has 2 N–H and O–H groups in total. The highest BCUT2D eigenvalue weighted by Gasteiger charge is 2.24. The minimum Gasteiger partial charge on any atom is -0.384 e. The number of hydrogen-bond donors (Lipinski definition) is 1. The van der Waals surface area contributed by atoms with Gasteiger partial charge >= 0.3 is 0 Å². The number of piperidine rings is 1. The van der Waals surface area contributed by atoms with Crippen molar-refractivity contribution >= 4 is 28.5 Å². The maximum absolute atomic E-state index is 11.9. The molecule has 0 saturated carbocycles. The molecule has 1 saturated heterocycles. The lowest BCUT2D eigenvalue weighted by Crippen LogP contribution is -2.40. The molecule has 3 aromatic rings. The van der Waals surface area contributed by atoms with E-state index in [0.717, 1.165) is 33.4 Å².